The molecule has 1 atom stereocenters. The van der Waals surface area contributed by atoms with Gasteiger partial charge in [-0.25, -0.2) is 0 Å². The summed E-state index contributed by atoms with van der Waals surface area (Å²) in [6.45, 7) is 3.21. The van der Waals surface area contributed by atoms with Gasteiger partial charge in [0.15, 0.2) is 5.78 Å². The third kappa shape index (κ3) is 4.03. The summed E-state index contributed by atoms with van der Waals surface area (Å²) in [5.74, 6) is 0.0256. The highest BCUT2D eigenvalue weighted by Gasteiger charge is 2.09. The number of ketones is 1. The first-order valence-corrected chi connectivity index (χ1v) is 5.38. The minimum absolute atomic E-state index is 0.0211. The SMILES string of the molecule is CC(=O)c1ccc(OC(=O)CC(C)Cl)cc1. The molecule has 0 aliphatic rings. The lowest BCUT2D eigenvalue weighted by atomic mass is 10.1. The van der Waals surface area contributed by atoms with Crippen LogP contribution in [-0.2, 0) is 4.79 Å². The lowest BCUT2D eigenvalue weighted by Crippen LogP contribution is -2.12. The van der Waals surface area contributed by atoms with Gasteiger partial charge in [-0.3, -0.25) is 9.59 Å². The highest BCUT2D eigenvalue weighted by Crippen LogP contribution is 2.14. The topological polar surface area (TPSA) is 43.4 Å². The Bertz CT molecular complexity index is 382. The summed E-state index contributed by atoms with van der Waals surface area (Å²) in [5, 5.41) is -0.246. The second-order valence-corrected chi connectivity index (χ2v) is 4.28. The van der Waals surface area contributed by atoms with Crippen molar-refractivity contribution in [3.8, 4) is 5.75 Å². The highest BCUT2D eigenvalue weighted by atomic mass is 35.5. The summed E-state index contributed by atoms with van der Waals surface area (Å²) in [6, 6.07) is 6.42. The van der Waals surface area contributed by atoms with Crippen LogP contribution in [0.25, 0.3) is 0 Å². The molecule has 0 aromatic heterocycles. The van der Waals surface area contributed by atoms with Gasteiger partial charge in [0.1, 0.15) is 5.75 Å². The first-order chi connectivity index (χ1) is 7.49. The monoisotopic (exact) mass is 240 g/mol. The predicted molar refractivity (Wildman–Crippen MR) is 62.0 cm³/mol. The summed E-state index contributed by atoms with van der Waals surface area (Å²) in [6.07, 6.45) is 0.163. The Kier molecular flexibility index (Phi) is 4.50. The van der Waals surface area contributed by atoms with Crippen molar-refractivity contribution < 1.29 is 14.3 Å². The first-order valence-electron chi connectivity index (χ1n) is 4.95. The molecule has 0 heterocycles. The van der Waals surface area contributed by atoms with Crippen LogP contribution in [0.5, 0.6) is 5.75 Å². The Morgan fingerprint density at radius 2 is 1.88 bits per heavy atom. The Morgan fingerprint density at radius 3 is 2.31 bits per heavy atom. The lowest BCUT2D eigenvalue weighted by Gasteiger charge is -2.05. The van der Waals surface area contributed by atoms with Gasteiger partial charge in [0, 0.05) is 10.9 Å². The number of esters is 1. The van der Waals surface area contributed by atoms with Crippen molar-refractivity contribution in [2.45, 2.75) is 25.6 Å². The molecule has 3 nitrogen and oxygen atoms in total. The van der Waals surface area contributed by atoms with Crippen LogP contribution in [0.15, 0.2) is 24.3 Å². The van der Waals surface area contributed by atoms with Gasteiger partial charge in [-0.2, -0.15) is 0 Å². The maximum Gasteiger partial charge on any atom is 0.312 e. The van der Waals surface area contributed by atoms with Crippen molar-refractivity contribution >= 4 is 23.4 Å². The number of benzene rings is 1. The van der Waals surface area contributed by atoms with E-state index in [1.165, 1.54) is 6.92 Å². The van der Waals surface area contributed by atoms with Crippen molar-refractivity contribution in [1.82, 2.24) is 0 Å². The quantitative estimate of drug-likeness (QED) is 0.352. The zero-order chi connectivity index (χ0) is 12.1. The van der Waals surface area contributed by atoms with Gasteiger partial charge in [0.2, 0.25) is 0 Å². The van der Waals surface area contributed by atoms with Crippen molar-refractivity contribution in [2.75, 3.05) is 0 Å². The molecule has 0 N–H and O–H groups in total. The minimum Gasteiger partial charge on any atom is -0.426 e. The second kappa shape index (κ2) is 5.66. The van der Waals surface area contributed by atoms with Crippen LogP contribution in [-0.4, -0.2) is 17.1 Å². The van der Waals surface area contributed by atoms with Crippen molar-refractivity contribution in [3.63, 3.8) is 0 Å². The number of carbonyl (C=O) groups excluding carboxylic acids is 2. The maximum atomic E-state index is 11.3. The van der Waals surface area contributed by atoms with Gasteiger partial charge in [-0.1, -0.05) is 0 Å². The van der Waals surface area contributed by atoms with E-state index in [0.717, 1.165) is 0 Å². The van der Waals surface area contributed by atoms with Crippen LogP contribution in [0, 0.1) is 0 Å². The van der Waals surface area contributed by atoms with E-state index in [-0.39, 0.29) is 23.6 Å². The Hall–Kier alpha value is -1.35. The van der Waals surface area contributed by atoms with Gasteiger partial charge in [-0.15, -0.1) is 11.6 Å². The van der Waals surface area contributed by atoms with E-state index in [4.69, 9.17) is 16.3 Å². The summed E-state index contributed by atoms with van der Waals surface area (Å²) < 4.78 is 5.03. The summed E-state index contributed by atoms with van der Waals surface area (Å²) in [7, 11) is 0. The Labute approximate surface area is 99.4 Å². The molecule has 0 fully saturated rings. The molecule has 0 bridgehead atoms. The number of halogens is 1. The van der Waals surface area contributed by atoms with E-state index in [9.17, 15) is 9.59 Å². The van der Waals surface area contributed by atoms with E-state index in [0.29, 0.717) is 11.3 Å². The number of hydrogen-bond acceptors (Lipinski definition) is 3. The molecule has 1 aromatic carbocycles. The smallest absolute Gasteiger partial charge is 0.312 e. The average molecular weight is 241 g/mol. The molecular weight excluding hydrogens is 228 g/mol. The fourth-order valence-corrected chi connectivity index (χ4v) is 1.29. The molecule has 1 rings (SSSR count). The number of ether oxygens (including phenoxy) is 1. The van der Waals surface area contributed by atoms with Crippen LogP contribution in [0.2, 0.25) is 0 Å². The molecule has 16 heavy (non-hydrogen) atoms. The van der Waals surface area contributed by atoms with Crippen LogP contribution in [0.3, 0.4) is 0 Å². The number of rotatable bonds is 4. The van der Waals surface area contributed by atoms with E-state index in [1.54, 1.807) is 31.2 Å². The molecule has 1 aromatic rings. The van der Waals surface area contributed by atoms with E-state index < -0.39 is 0 Å². The van der Waals surface area contributed by atoms with Crippen molar-refractivity contribution in [2.24, 2.45) is 0 Å². The van der Waals surface area contributed by atoms with Gasteiger partial charge in [-0.05, 0) is 38.1 Å². The third-order valence-corrected chi connectivity index (χ3v) is 2.09. The molecule has 86 valence electrons. The molecule has 0 radical (unpaired) electrons. The molecule has 1 unspecified atom stereocenters. The Morgan fingerprint density at radius 1 is 1.31 bits per heavy atom. The first kappa shape index (κ1) is 12.7. The zero-order valence-electron chi connectivity index (χ0n) is 9.20. The summed E-state index contributed by atoms with van der Waals surface area (Å²) in [5.41, 5.74) is 0.588. The molecule has 0 amide bonds. The van der Waals surface area contributed by atoms with Crippen molar-refractivity contribution in [1.29, 1.82) is 0 Å². The molecule has 0 aliphatic carbocycles. The fraction of sp³-hybridized carbons (Fsp3) is 0.333. The molecule has 0 spiro atoms. The van der Waals surface area contributed by atoms with Crippen LogP contribution in [0.4, 0.5) is 0 Å². The van der Waals surface area contributed by atoms with Gasteiger partial charge in [0.05, 0.1) is 6.42 Å². The number of Topliss-reactive ketones (excluding diaryl/α,β-unsaturated/α-hetero) is 1. The zero-order valence-corrected chi connectivity index (χ0v) is 9.95. The molecule has 0 aliphatic heterocycles. The molecule has 4 heteroatoms. The van der Waals surface area contributed by atoms with Gasteiger partial charge < -0.3 is 4.74 Å². The van der Waals surface area contributed by atoms with Crippen LogP contribution >= 0.6 is 11.6 Å². The van der Waals surface area contributed by atoms with Crippen LogP contribution < -0.4 is 4.74 Å². The normalized spacial score (nSPS) is 11.9. The fourth-order valence-electron chi connectivity index (χ4n) is 1.16. The summed E-state index contributed by atoms with van der Waals surface area (Å²) >= 11 is 5.66. The molecule has 0 saturated heterocycles. The number of hydrogen-bond donors (Lipinski definition) is 0. The van der Waals surface area contributed by atoms with Gasteiger partial charge in [0.25, 0.3) is 0 Å². The predicted octanol–water partition coefficient (Wildman–Crippen LogP) is 2.81. The third-order valence-electron chi connectivity index (χ3n) is 1.94. The minimum atomic E-state index is -0.377. The maximum absolute atomic E-state index is 11.3. The highest BCUT2D eigenvalue weighted by molar-refractivity contribution is 6.21. The molecular formula is C12H13ClO3. The van der Waals surface area contributed by atoms with Crippen molar-refractivity contribution in [3.05, 3.63) is 29.8 Å². The summed E-state index contributed by atoms with van der Waals surface area (Å²) in [4.78, 5) is 22.3. The van der Waals surface area contributed by atoms with E-state index >= 15 is 0 Å². The molecule has 0 saturated carbocycles. The van der Waals surface area contributed by atoms with E-state index in [1.807, 2.05) is 0 Å². The largest absolute Gasteiger partial charge is 0.426 e. The van der Waals surface area contributed by atoms with E-state index in [2.05, 4.69) is 0 Å². The van der Waals surface area contributed by atoms with Gasteiger partial charge >= 0.3 is 5.97 Å². The number of carbonyl (C=O) groups is 2. The standard InChI is InChI=1S/C12H13ClO3/c1-8(13)7-12(15)16-11-5-3-10(4-6-11)9(2)14/h3-6,8H,7H2,1-2H3. The average Bonchev–Trinajstić information content (AvgIpc) is 2.16. The lowest BCUT2D eigenvalue weighted by molar-refractivity contribution is -0.134. The number of alkyl halides is 1. The van der Waals surface area contributed by atoms with Crippen LogP contribution in [0.1, 0.15) is 30.6 Å². The second-order valence-electron chi connectivity index (χ2n) is 3.54. The Balaban J connectivity index is 2.62.